The van der Waals surface area contributed by atoms with Gasteiger partial charge in [0, 0.05) is 6.42 Å². The van der Waals surface area contributed by atoms with E-state index in [0.29, 0.717) is 6.42 Å². The van der Waals surface area contributed by atoms with Crippen LogP contribution in [0.15, 0.2) is 0 Å². The molecule has 0 saturated heterocycles. The topological polar surface area (TPSA) is 104 Å². The molecular formula is C16H29NNaO5+. The molecule has 1 atom stereocenters. The number of carbonyl (C=O) groups excluding carboxylic acids is 1. The fourth-order valence-corrected chi connectivity index (χ4v) is 2.24. The van der Waals surface area contributed by atoms with E-state index in [1.54, 1.807) is 0 Å². The van der Waals surface area contributed by atoms with Gasteiger partial charge in [-0.2, -0.15) is 0 Å². The summed E-state index contributed by atoms with van der Waals surface area (Å²) >= 11 is 0. The van der Waals surface area contributed by atoms with Gasteiger partial charge in [-0.15, -0.1) is 0 Å². The Balaban J connectivity index is 0. The molecule has 0 heterocycles. The van der Waals surface area contributed by atoms with E-state index in [1.165, 1.54) is 38.5 Å². The van der Waals surface area contributed by atoms with Crippen molar-refractivity contribution in [1.82, 2.24) is 5.32 Å². The largest absolute Gasteiger partial charge is 1.00 e. The normalized spacial score (nSPS) is 11.3. The van der Waals surface area contributed by atoms with Crippen LogP contribution in [-0.2, 0) is 14.4 Å². The maximum absolute atomic E-state index is 11.6. The monoisotopic (exact) mass is 338 g/mol. The molecule has 0 spiro atoms. The zero-order chi connectivity index (χ0) is 16.8. The second kappa shape index (κ2) is 16.3. The van der Waals surface area contributed by atoms with Crippen LogP contribution in [0, 0.1) is 0 Å². The Morgan fingerprint density at radius 1 is 0.870 bits per heavy atom. The molecule has 0 saturated carbocycles. The van der Waals surface area contributed by atoms with Crippen LogP contribution in [0.5, 0.6) is 0 Å². The SMILES string of the molecule is CCCCCCCCCCCC(=O)N[C@@H](CC(=O)O)C(=O)O.[Na+]. The molecule has 0 aromatic heterocycles. The molecule has 7 heteroatoms. The van der Waals surface area contributed by atoms with Gasteiger partial charge in [0.1, 0.15) is 6.04 Å². The zero-order valence-electron chi connectivity index (χ0n) is 14.5. The Labute approximate surface area is 160 Å². The van der Waals surface area contributed by atoms with Crippen molar-refractivity contribution >= 4 is 17.8 Å². The van der Waals surface area contributed by atoms with E-state index in [1.807, 2.05) is 0 Å². The van der Waals surface area contributed by atoms with Crippen LogP contribution in [0.2, 0.25) is 0 Å². The van der Waals surface area contributed by atoms with Gasteiger partial charge in [-0.3, -0.25) is 9.59 Å². The predicted molar refractivity (Wildman–Crippen MR) is 83.7 cm³/mol. The summed E-state index contributed by atoms with van der Waals surface area (Å²) in [7, 11) is 0. The summed E-state index contributed by atoms with van der Waals surface area (Å²) in [4.78, 5) is 32.9. The van der Waals surface area contributed by atoms with Crippen molar-refractivity contribution in [2.75, 3.05) is 0 Å². The van der Waals surface area contributed by atoms with E-state index in [9.17, 15) is 14.4 Å². The molecule has 0 aliphatic heterocycles. The molecule has 0 rings (SSSR count). The minimum absolute atomic E-state index is 0. The summed E-state index contributed by atoms with van der Waals surface area (Å²) in [6.45, 7) is 2.19. The number of rotatable bonds is 14. The minimum atomic E-state index is -1.34. The molecule has 6 nitrogen and oxygen atoms in total. The van der Waals surface area contributed by atoms with Crippen molar-refractivity contribution in [3.05, 3.63) is 0 Å². The first-order valence-electron chi connectivity index (χ1n) is 8.21. The smallest absolute Gasteiger partial charge is 0.481 e. The number of hydrogen-bond acceptors (Lipinski definition) is 3. The first kappa shape index (κ1) is 24.7. The molecular weight excluding hydrogens is 309 g/mol. The maximum Gasteiger partial charge on any atom is 1.00 e. The number of hydrogen-bond donors (Lipinski definition) is 3. The number of carboxylic acids is 2. The van der Waals surface area contributed by atoms with Gasteiger partial charge in [0.05, 0.1) is 6.42 Å². The van der Waals surface area contributed by atoms with Crippen LogP contribution < -0.4 is 34.9 Å². The van der Waals surface area contributed by atoms with Gasteiger partial charge < -0.3 is 15.5 Å². The Morgan fingerprint density at radius 2 is 1.35 bits per heavy atom. The summed E-state index contributed by atoms with van der Waals surface area (Å²) in [5.41, 5.74) is 0. The third-order valence-corrected chi connectivity index (χ3v) is 3.52. The van der Waals surface area contributed by atoms with Crippen LogP contribution in [0.4, 0.5) is 0 Å². The van der Waals surface area contributed by atoms with Gasteiger partial charge in [0.2, 0.25) is 5.91 Å². The molecule has 128 valence electrons. The van der Waals surface area contributed by atoms with E-state index in [0.717, 1.165) is 12.8 Å². The summed E-state index contributed by atoms with van der Waals surface area (Å²) in [5, 5.41) is 19.7. The Bertz CT molecular complexity index is 349. The molecule has 0 aromatic carbocycles. The second-order valence-electron chi connectivity index (χ2n) is 5.63. The van der Waals surface area contributed by atoms with E-state index in [2.05, 4.69) is 12.2 Å². The van der Waals surface area contributed by atoms with Gasteiger partial charge >= 0.3 is 41.5 Å². The van der Waals surface area contributed by atoms with Crippen LogP contribution >= 0.6 is 0 Å². The molecule has 0 fully saturated rings. The fourth-order valence-electron chi connectivity index (χ4n) is 2.24. The number of nitrogens with one attached hydrogen (secondary N) is 1. The van der Waals surface area contributed by atoms with E-state index in [4.69, 9.17) is 10.2 Å². The van der Waals surface area contributed by atoms with Gasteiger partial charge in [-0.1, -0.05) is 58.3 Å². The number of aliphatic carboxylic acids is 2. The number of carbonyl (C=O) groups is 3. The number of amides is 1. The minimum Gasteiger partial charge on any atom is -0.481 e. The molecule has 0 aliphatic carbocycles. The maximum atomic E-state index is 11.6. The number of unbranched alkanes of at least 4 members (excludes halogenated alkanes) is 8. The first-order valence-corrected chi connectivity index (χ1v) is 8.21. The average molecular weight is 338 g/mol. The van der Waals surface area contributed by atoms with Crippen molar-refractivity contribution in [2.45, 2.75) is 83.6 Å². The van der Waals surface area contributed by atoms with Gasteiger partial charge in [0.15, 0.2) is 0 Å². The Kier molecular flexibility index (Phi) is 17.4. The average Bonchev–Trinajstić information content (AvgIpc) is 2.44. The van der Waals surface area contributed by atoms with Crippen molar-refractivity contribution in [3.63, 3.8) is 0 Å². The molecule has 0 aromatic rings. The molecule has 0 aliphatic rings. The molecule has 0 radical (unpaired) electrons. The molecule has 23 heavy (non-hydrogen) atoms. The summed E-state index contributed by atoms with van der Waals surface area (Å²) in [6.07, 6.45) is 9.87. The van der Waals surface area contributed by atoms with Crippen molar-refractivity contribution in [2.24, 2.45) is 0 Å². The first-order chi connectivity index (χ1) is 10.5. The Morgan fingerprint density at radius 3 is 1.78 bits per heavy atom. The standard InChI is InChI=1S/C16H29NO5.Na/c1-2-3-4-5-6-7-8-9-10-11-14(18)17-13(16(21)22)12-15(19)20;/h13H,2-12H2,1H3,(H,17,18)(H,19,20)(H,21,22);/q;+1/t13-;/m0./s1. The molecule has 0 unspecified atom stereocenters. The molecule has 1 amide bonds. The quantitative estimate of drug-likeness (QED) is 0.304. The summed E-state index contributed by atoms with van der Waals surface area (Å²) in [5.74, 6) is -2.95. The van der Waals surface area contributed by atoms with Crippen LogP contribution in [-0.4, -0.2) is 34.1 Å². The van der Waals surface area contributed by atoms with E-state index < -0.39 is 30.3 Å². The zero-order valence-corrected chi connectivity index (χ0v) is 16.5. The summed E-state index contributed by atoms with van der Waals surface area (Å²) in [6, 6.07) is -1.34. The van der Waals surface area contributed by atoms with Crippen molar-refractivity contribution in [3.8, 4) is 0 Å². The van der Waals surface area contributed by atoms with Gasteiger partial charge in [0.25, 0.3) is 0 Å². The predicted octanol–water partition coefficient (Wildman–Crippen LogP) is -0.0446. The van der Waals surface area contributed by atoms with Crippen molar-refractivity contribution in [1.29, 1.82) is 0 Å². The third-order valence-electron chi connectivity index (χ3n) is 3.52. The van der Waals surface area contributed by atoms with Crippen molar-refractivity contribution < 1.29 is 54.2 Å². The summed E-state index contributed by atoms with van der Waals surface area (Å²) < 4.78 is 0. The van der Waals surface area contributed by atoms with Crippen LogP contribution in [0.1, 0.15) is 77.6 Å². The fraction of sp³-hybridized carbons (Fsp3) is 0.812. The van der Waals surface area contributed by atoms with Gasteiger partial charge in [-0.05, 0) is 6.42 Å². The van der Waals surface area contributed by atoms with Gasteiger partial charge in [-0.25, -0.2) is 4.79 Å². The third kappa shape index (κ3) is 16.1. The van der Waals surface area contributed by atoms with E-state index >= 15 is 0 Å². The number of carboxylic acid groups (broad SMARTS) is 2. The second-order valence-corrected chi connectivity index (χ2v) is 5.63. The van der Waals surface area contributed by atoms with Crippen LogP contribution in [0.3, 0.4) is 0 Å². The van der Waals surface area contributed by atoms with E-state index in [-0.39, 0.29) is 36.0 Å². The molecule has 0 bridgehead atoms. The van der Waals surface area contributed by atoms with Crippen LogP contribution in [0.25, 0.3) is 0 Å². The molecule has 3 N–H and O–H groups in total. The Hall–Kier alpha value is -0.590.